The first kappa shape index (κ1) is 16.9. The van der Waals surface area contributed by atoms with Gasteiger partial charge in [0.1, 0.15) is 5.69 Å². The second-order valence-corrected chi connectivity index (χ2v) is 5.88. The van der Waals surface area contributed by atoms with Gasteiger partial charge in [-0.3, -0.25) is 5.32 Å². The van der Waals surface area contributed by atoms with Gasteiger partial charge in [0.05, 0.1) is 10.6 Å². The van der Waals surface area contributed by atoms with Crippen LogP contribution in [0.1, 0.15) is 10.6 Å². The monoisotopic (exact) mass is 369 g/mol. The van der Waals surface area contributed by atoms with Crippen LogP contribution in [0.3, 0.4) is 0 Å². The van der Waals surface area contributed by atoms with Crippen LogP contribution in [0.4, 0.5) is 29.7 Å². The van der Waals surface area contributed by atoms with E-state index in [-0.39, 0.29) is 17.6 Å². The van der Waals surface area contributed by atoms with Crippen LogP contribution >= 0.6 is 11.3 Å². The van der Waals surface area contributed by atoms with E-state index in [9.17, 15) is 18.0 Å². The number of anilines is 2. The molecular formula is C14H10F3N5O2S. The predicted octanol–water partition coefficient (Wildman–Crippen LogP) is 4.16. The lowest BCUT2D eigenvalue weighted by Gasteiger charge is -2.09. The van der Waals surface area contributed by atoms with Crippen molar-refractivity contribution >= 4 is 29.1 Å². The number of alkyl halides is 3. The third-order valence-corrected chi connectivity index (χ3v) is 3.70. The Balaban J connectivity index is 1.66. The minimum atomic E-state index is -4.50. The van der Waals surface area contributed by atoms with Crippen LogP contribution in [-0.4, -0.2) is 21.2 Å². The molecule has 0 fully saturated rings. The van der Waals surface area contributed by atoms with E-state index in [4.69, 9.17) is 4.42 Å². The summed E-state index contributed by atoms with van der Waals surface area (Å²) < 4.78 is 43.2. The van der Waals surface area contributed by atoms with Gasteiger partial charge in [-0.15, -0.1) is 16.4 Å². The van der Waals surface area contributed by atoms with Crippen LogP contribution < -0.4 is 10.6 Å². The highest BCUT2D eigenvalue weighted by Gasteiger charge is 2.30. The van der Waals surface area contributed by atoms with Crippen molar-refractivity contribution in [3.8, 4) is 11.6 Å². The number of aryl methyl sites for hydroxylation is 1. The van der Waals surface area contributed by atoms with Gasteiger partial charge in [0.2, 0.25) is 0 Å². The first-order valence-electron chi connectivity index (χ1n) is 6.82. The number of carbonyl (C=O) groups excluding carboxylic acids is 1. The highest BCUT2D eigenvalue weighted by atomic mass is 32.1. The molecule has 0 aliphatic rings. The Morgan fingerprint density at radius 3 is 2.72 bits per heavy atom. The lowest BCUT2D eigenvalue weighted by Crippen LogP contribution is -2.20. The zero-order chi connectivity index (χ0) is 18.0. The van der Waals surface area contributed by atoms with Gasteiger partial charge in [0.15, 0.2) is 0 Å². The van der Waals surface area contributed by atoms with E-state index in [1.54, 1.807) is 5.38 Å². The number of hydrogen-bond donors (Lipinski definition) is 2. The summed E-state index contributed by atoms with van der Waals surface area (Å²) in [7, 11) is 0. The van der Waals surface area contributed by atoms with Gasteiger partial charge in [0.25, 0.3) is 5.89 Å². The average Bonchev–Trinajstić information content (AvgIpc) is 3.15. The number of nitrogens with one attached hydrogen (secondary N) is 2. The van der Waals surface area contributed by atoms with E-state index in [1.165, 1.54) is 23.5 Å². The van der Waals surface area contributed by atoms with Crippen molar-refractivity contribution in [2.75, 3.05) is 10.6 Å². The van der Waals surface area contributed by atoms with Crippen molar-refractivity contribution in [1.29, 1.82) is 0 Å². The normalized spacial score (nSPS) is 11.4. The molecule has 2 heterocycles. The molecule has 0 bridgehead atoms. The number of benzene rings is 1. The fourth-order valence-corrected chi connectivity index (χ4v) is 2.46. The lowest BCUT2D eigenvalue weighted by molar-refractivity contribution is -0.137. The first-order chi connectivity index (χ1) is 11.8. The molecule has 3 rings (SSSR count). The molecule has 0 aliphatic carbocycles. The van der Waals surface area contributed by atoms with Gasteiger partial charge in [-0.1, -0.05) is 11.2 Å². The molecular weight excluding hydrogens is 359 g/mol. The number of halogens is 3. The summed E-state index contributed by atoms with van der Waals surface area (Å²) in [6, 6.07) is 3.22. The fraction of sp³-hybridized carbons (Fsp3) is 0.143. The molecule has 2 N–H and O–H groups in total. The van der Waals surface area contributed by atoms with Crippen molar-refractivity contribution in [3.63, 3.8) is 0 Å². The van der Waals surface area contributed by atoms with Crippen molar-refractivity contribution in [2.24, 2.45) is 0 Å². The van der Waals surface area contributed by atoms with Crippen molar-refractivity contribution < 1.29 is 22.4 Å². The summed E-state index contributed by atoms with van der Waals surface area (Å²) in [4.78, 5) is 16.0. The number of carbonyl (C=O) groups is 1. The number of aromatic nitrogens is 3. The molecule has 0 aliphatic heterocycles. The average molecular weight is 369 g/mol. The first-order valence-corrected chi connectivity index (χ1v) is 7.70. The maximum atomic E-state index is 12.7. The smallest absolute Gasteiger partial charge is 0.401 e. The standard InChI is InChI=1S/C14H10F3N5O2S/c1-7-18-10(6-25-7)11-21-22-13(24-11)20-12(23)19-9-4-2-3-8(5-9)14(15,16)17/h2-6H,1H3,(H2,19,20,22,23). The van der Waals surface area contributed by atoms with Crippen LogP contribution in [0.25, 0.3) is 11.6 Å². The number of thiazole rings is 1. The largest absolute Gasteiger partial charge is 0.416 e. The molecule has 0 saturated carbocycles. The van der Waals surface area contributed by atoms with E-state index in [2.05, 4.69) is 25.8 Å². The summed E-state index contributed by atoms with van der Waals surface area (Å²) in [5.74, 6) is 0.124. The SMILES string of the molecule is Cc1nc(-c2nnc(NC(=O)Nc3cccc(C(F)(F)F)c3)o2)cs1. The molecule has 2 aromatic heterocycles. The lowest BCUT2D eigenvalue weighted by atomic mass is 10.2. The zero-order valence-corrected chi connectivity index (χ0v) is 13.4. The summed E-state index contributed by atoms with van der Waals surface area (Å²) in [6.45, 7) is 1.81. The number of hydrogen-bond acceptors (Lipinski definition) is 6. The highest BCUT2D eigenvalue weighted by Crippen LogP contribution is 2.30. The third kappa shape index (κ3) is 4.12. The highest BCUT2D eigenvalue weighted by molar-refractivity contribution is 7.09. The van der Waals surface area contributed by atoms with E-state index < -0.39 is 17.8 Å². The van der Waals surface area contributed by atoms with Crippen molar-refractivity contribution in [3.05, 3.63) is 40.2 Å². The van der Waals surface area contributed by atoms with Crippen LogP contribution in [0.2, 0.25) is 0 Å². The molecule has 130 valence electrons. The Morgan fingerprint density at radius 1 is 1.24 bits per heavy atom. The predicted molar refractivity (Wildman–Crippen MR) is 84.2 cm³/mol. The van der Waals surface area contributed by atoms with Crippen LogP contribution in [0, 0.1) is 6.92 Å². The number of urea groups is 1. The Bertz CT molecular complexity index is 906. The quantitative estimate of drug-likeness (QED) is 0.723. The fourth-order valence-electron chi connectivity index (χ4n) is 1.87. The second kappa shape index (κ2) is 6.51. The Kier molecular flexibility index (Phi) is 4.40. The Hall–Kier alpha value is -2.95. The molecule has 3 aromatic rings. The molecule has 7 nitrogen and oxygen atoms in total. The van der Waals surface area contributed by atoms with Gasteiger partial charge in [0, 0.05) is 11.1 Å². The minimum absolute atomic E-state index is 0.0258. The van der Waals surface area contributed by atoms with Gasteiger partial charge < -0.3 is 9.73 Å². The molecule has 0 saturated heterocycles. The molecule has 0 unspecified atom stereocenters. The van der Waals surface area contributed by atoms with Crippen molar-refractivity contribution in [1.82, 2.24) is 15.2 Å². The maximum Gasteiger partial charge on any atom is 0.416 e. The van der Waals surface area contributed by atoms with Gasteiger partial charge in [-0.2, -0.15) is 13.2 Å². The van der Waals surface area contributed by atoms with E-state index in [0.29, 0.717) is 5.69 Å². The third-order valence-electron chi connectivity index (χ3n) is 2.93. The topological polar surface area (TPSA) is 92.9 Å². The van der Waals surface area contributed by atoms with E-state index >= 15 is 0 Å². The van der Waals surface area contributed by atoms with E-state index in [1.807, 2.05) is 6.92 Å². The van der Waals surface area contributed by atoms with E-state index in [0.717, 1.165) is 17.1 Å². The molecule has 0 radical (unpaired) electrons. The Morgan fingerprint density at radius 2 is 2.04 bits per heavy atom. The molecule has 11 heteroatoms. The summed E-state index contributed by atoms with van der Waals surface area (Å²) >= 11 is 1.40. The summed E-state index contributed by atoms with van der Waals surface area (Å²) in [6.07, 6.45) is -4.50. The van der Waals surface area contributed by atoms with Crippen LogP contribution in [-0.2, 0) is 6.18 Å². The molecule has 0 atom stereocenters. The number of amides is 2. The van der Waals surface area contributed by atoms with Crippen LogP contribution in [0.15, 0.2) is 34.1 Å². The molecule has 2 amide bonds. The second-order valence-electron chi connectivity index (χ2n) is 4.82. The summed E-state index contributed by atoms with van der Waals surface area (Å²) in [5.41, 5.74) is -0.423. The van der Waals surface area contributed by atoms with Gasteiger partial charge in [-0.05, 0) is 25.1 Å². The molecule has 0 spiro atoms. The maximum absolute atomic E-state index is 12.7. The van der Waals surface area contributed by atoms with Crippen molar-refractivity contribution in [2.45, 2.75) is 13.1 Å². The summed E-state index contributed by atoms with van der Waals surface area (Å²) in [5, 5.41) is 14.4. The van der Waals surface area contributed by atoms with Crippen LogP contribution in [0.5, 0.6) is 0 Å². The Labute approximate surface area is 142 Å². The number of rotatable bonds is 3. The zero-order valence-electron chi connectivity index (χ0n) is 12.6. The molecule has 1 aromatic carbocycles. The minimum Gasteiger partial charge on any atom is -0.401 e. The molecule has 25 heavy (non-hydrogen) atoms. The van der Waals surface area contributed by atoms with Gasteiger partial charge in [-0.25, -0.2) is 9.78 Å². The number of nitrogens with zero attached hydrogens (tertiary/aromatic N) is 3. The van der Waals surface area contributed by atoms with Gasteiger partial charge >= 0.3 is 18.2 Å².